The van der Waals surface area contributed by atoms with Crippen LogP contribution in [0.5, 0.6) is 0 Å². The third-order valence-corrected chi connectivity index (χ3v) is 2.43. The number of hydrogen-bond donors (Lipinski definition) is 3. The van der Waals surface area contributed by atoms with Gasteiger partial charge in [0.15, 0.2) is 5.96 Å². The normalized spacial score (nSPS) is 11.2. The van der Waals surface area contributed by atoms with Gasteiger partial charge >= 0.3 is 0 Å². The first kappa shape index (κ1) is 15.9. The topological polar surface area (TPSA) is 102 Å². The first-order valence-electron chi connectivity index (χ1n) is 6.41. The van der Waals surface area contributed by atoms with Crippen LogP contribution in [0.4, 0.5) is 0 Å². The maximum atomic E-state index is 11.4. The van der Waals surface area contributed by atoms with Crippen molar-refractivity contribution in [2.45, 2.75) is 6.42 Å². The van der Waals surface area contributed by atoms with Gasteiger partial charge in [-0.15, -0.1) is 0 Å². The first-order valence-corrected chi connectivity index (χ1v) is 6.41. The van der Waals surface area contributed by atoms with E-state index in [1.807, 2.05) is 18.2 Å². The van der Waals surface area contributed by atoms with Crippen LogP contribution in [0.1, 0.15) is 5.69 Å². The van der Waals surface area contributed by atoms with Crippen LogP contribution >= 0.6 is 0 Å². The second kappa shape index (κ2) is 9.74. The van der Waals surface area contributed by atoms with E-state index >= 15 is 0 Å². The Morgan fingerprint density at radius 2 is 2.25 bits per heavy atom. The van der Waals surface area contributed by atoms with E-state index in [1.165, 1.54) is 0 Å². The Morgan fingerprint density at radius 3 is 2.95 bits per heavy atom. The molecule has 0 unspecified atom stereocenters. The molecule has 0 saturated carbocycles. The number of aromatic nitrogens is 1. The van der Waals surface area contributed by atoms with Crippen molar-refractivity contribution in [1.29, 1.82) is 0 Å². The highest BCUT2D eigenvalue weighted by Crippen LogP contribution is 1.92. The van der Waals surface area contributed by atoms with E-state index in [0.29, 0.717) is 19.7 Å². The minimum atomic E-state index is -0.184. The summed E-state index contributed by atoms with van der Waals surface area (Å²) >= 11 is 0. The second-order valence-corrected chi connectivity index (χ2v) is 4.04. The monoisotopic (exact) mass is 279 g/mol. The molecule has 0 bridgehead atoms. The molecule has 0 spiro atoms. The zero-order valence-electron chi connectivity index (χ0n) is 11.6. The molecule has 20 heavy (non-hydrogen) atoms. The van der Waals surface area contributed by atoms with E-state index in [-0.39, 0.29) is 18.4 Å². The fraction of sp³-hybridized carbons (Fsp3) is 0.462. The number of carbonyl (C=O) groups is 1. The van der Waals surface area contributed by atoms with Gasteiger partial charge < -0.3 is 21.1 Å². The van der Waals surface area contributed by atoms with Crippen molar-refractivity contribution in [2.75, 3.05) is 33.4 Å². The highest BCUT2D eigenvalue weighted by atomic mass is 16.5. The number of methoxy groups -OCH3 is 1. The Balaban J connectivity index is 2.16. The molecule has 1 heterocycles. The van der Waals surface area contributed by atoms with Crippen molar-refractivity contribution in [3.8, 4) is 0 Å². The smallest absolute Gasteiger partial charge is 0.241 e. The molecule has 0 aliphatic heterocycles. The molecule has 0 radical (unpaired) electrons. The van der Waals surface area contributed by atoms with Gasteiger partial charge in [0, 0.05) is 38.5 Å². The largest absolute Gasteiger partial charge is 0.383 e. The molecular formula is C13H21N5O2. The number of pyridine rings is 1. The maximum Gasteiger partial charge on any atom is 0.241 e. The molecule has 0 aromatic carbocycles. The standard InChI is InChI=1S/C13H21N5O2/c1-20-9-8-16-12(19)10-18-13(14)17-7-5-11-4-2-3-6-15-11/h2-4,6H,5,7-10H2,1H3,(H,16,19)(H3,14,17,18). The number of hydrogen-bond acceptors (Lipinski definition) is 4. The molecule has 0 atom stereocenters. The number of nitrogens with one attached hydrogen (secondary N) is 2. The fourth-order valence-electron chi connectivity index (χ4n) is 1.43. The Kier molecular flexibility index (Phi) is 7.74. The van der Waals surface area contributed by atoms with Gasteiger partial charge in [-0.3, -0.25) is 9.78 Å². The van der Waals surface area contributed by atoms with Crippen LogP contribution in [0.2, 0.25) is 0 Å². The maximum absolute atomic E-state index is 11.4. The number of amides is 1. The van der Waals surface area contributed by atoms with Crippen molar-refractivity contribution >= 4 is 11.9 Å². The van der Waals surface area contributed by atoms with E-state index in [9.17, 15) is 4.79 Å². The number of aliphatic imine (C=N–C) groups is 1. The van der Waals surface area contributed by atoms with Crippen LogP contribution in [0, 0.1) is 0 Å². The molecule has 7 heteroatoms. The van der Waals surface area contributed by atoms with Crippen molar-refractivity contribution < 1.29 is 9.53 Å². The molecule has 0 aliphatic rings. The van der Waals surface area contributed by atoms with Gasteiger partial charge in [0.2, 0.25) is 5.91 Å². The summed E-state index contributed by atoms with van der Waals surface area (Å²) in [5.41, 5.74) is 6.63. The summed E-state index contributed by atoms with van der Waals surface area (Å²) in [6.07, 6.45) is 2.49. The number of carbonyl (C=O) groups excluding carboxylic acids is 1. The van der Waals surface area contributed by atoms with Gasteiger partial charge in [-0.05, 0) is 12.1 Å². The van der Waals surface area contributed by atoms with Gasteiger partial charge in [0.25, 0.3) is 0 Å². The Hall–Kier alpha value is -2.15. The molecular weight excluding hydrogens is 258 g/mol. The minimum Gasteiger partial charge on any atom is -0.383 e. The zero-order valence-corrected chi connectivity index (χ0v) is 11.6. The Morgan fingerprint density at radius 1 is 1.40 bits per heavy atom. The predicted molar refractivity (Wildman–Crippen MR) is 77.3 cm³/mol. The highest BCUT2D eigenvalue weighted by Gasteiger charge is 1.99. The summed E-state index contributed by atoms with van der Waals surface area (Å²) in [7, 11) is 1.58. The zero-order chi connectivity index (χ0) is 14.6. The van der Waals surface area contributed by atoms with Crippen LogP contribution in [0.25, 0.3) is 0 Å². The highest BCUT2D eigenvalue weighted by molar-refractivity contribution is 5.83. The van der Waals surface area contributed by atoms with Crippen molar-refractivity contribution in [1.82, 2.24) is 15.6 Å². The summed E-state index contributed by atoms with van der Waals surface area (Å²) in [5, 5.41) is 5.59. The molecule has 0 saturated heterocycles. The second-order valence-electron chi connectivity index (χ2n) is 4.04. The average molecular weight is 279 g/mol. The van der Waals surface area contributed by atoms with E-state index in [0.717, 1.165) is 12.1 Å². The molecule has 4 N–H and O–H groups in total. The summed E-state index contributed by atoms with van der Waals surface area (Å²) in [6, 6.07) is 5.75. The third-order valence-electron chi connectivity index (χ3n) is 2.43. The van der Waals surface area contributed by atoms with Gasteiger partial charge in [-0.2, -0.15) is 0 Å². The lowest BCUT2D eigenvalue weighted by atomic mass is 10.3. The molecule has 7 nitrogen and oxygen atoms in total. The van der Waals surface area contributed by atoms with E-state index in [2.05, 4.69) is 20.6 Å². The van der Waals surface area contributed by atoms with Crippen molar-refractivity contribution in [3.05, 3.63) is 30.1 Å². The molecule has 1 rings (SSSR count). The molecule has 0 aliphatic carbocycles. The average Bonchev–Trinajstić information content (AvgIpc) is 2.46. The van der Waals surface area contributed by atoms with Crippen molar-refractivity contribution in [3.63, 3.8) is 0 Å². The molecule has 1 amide bonds. The lowest BCUT2D eigenvalue weighted by Crippen LogP contribution is -2.35. The third kappa shape index (κ3) is 7.32. The van der Waals surface area contributed by atoms with Crippen LogP contribution in [-0.4, -0.2) is 50.2 Å². The molecule has 1 aromatic rings. The summed E-state index contributed by atoms with van der Waals surface area (Å²) in [6.45, 7) is 1.58. The number of nitrogens with two attached hydrogens (primary N) is 1. The van der Waals surface area contributed by atoms with Gasteiger partial charge in [-0.25, -0.2) is 4.99 Å². The van der Waals surface area contributed by atoms with E-state index < -0.39 is 0 Å². The molecule has 0 fully saturated rings. The van der Waals surface area contributed by atoms with E-state index in [4.69, 9.17) is 10.5 Å². The van der Waals surface area contributed by atoms with E-state index in [1.54, 1.807) is 13.3 Å². The summed E-state index contributed by atoms with van der Waals surface area (Å²) < 4.78 is 4.82. The number of guanidine groups is 1. The number of nitrogens with zero attached hydrogens (tertiary/aromatic N) is 2. The minimum absolute atomic E-state index is 0.00609. The van der Waals surface area contributed by atoms with Crippen LogP contribution in [-0.2, 0) is 16.0 Å². The first-order chi connectivity index (χ1) is 9.72. The van der Waals surface area contributed by atoms with Crippen LogP contribution < -0.4 is 16.4 Å². The predicted octanol–water partition coefficient (Wildman–Crippen LogP) is -0.709. The van der Waals surface area contributed by atoms with Gasteiger partial charge in [-0.1, -0.05) is 6.07 Å². The Labute approximate surface area is 118 Å². The molecule has 1 aromatic heterocycles. The molecule has 110 valence electrons. The van der Waals surface area contributed by atoms with Crippen LogP contribution in [0.15, 0.2) is 29.4 Å². The van der Waals surface area contributed by atoms with Gasteiger partial charge in [0.05, 0.1) is 6.61 Å². The summed E-state index contributed by atoms with van der Waals surface area (Å²) in [4.78, 5) is 19.5. The lowest BCUT2D eigenvalue weighted by Gasteiger charge is -2.06. The SMILES string of the molecule is COCCNC(=O)CN=C(N)NCCc1ccccn1. The van der Waals surface area contributed by atoms with Crippen LogP contribution in [0.3, 0.4) is 0 Å². The number of ether oxygens (including phenoxy) is 1. The quantitative estimate of drug-likeness (QED) is 0.331. The van der Waals surface area contributed by atoms with Crippen molar-refractivity contribution in [2.24, 2.45) is 10.7 Å². The Bertz CT molecular complexity index is 422. The fourth-order valence-corrected chi connectivity index (χ4v) is 1.43. The summed E-state index contributed by atoms with van der Waals surface area (Å²) in [5.74, 6) is 0.0688. The van der Waals surface area contributed by atoms with Gasteiger partial charge in [0.1, 0.15) is 6.54 Å². The lowest BCUT2D eigenvalue weighted by molar-refractivity contribution is -0.119. The number of rotatable bonds is 8.